The molecule has 0 radical (unpaired) electrons. The third kappa shape index (κ3) is 2.92. The standard InChI is InChI=1S/C13H8Cl3F/c14-7-9-2-1-8(5-13(9)17)10-3-11(15)6-12(16)4-10/h1-6H,7H2. The molecule has 2 aromatic carbocycles. The Morgan fingerprint density at radius 2 is 1.53 bits per heavy atom. The quantitative estimate of drug-likeness (QED) is 0.637. The first kappa shape index (κ1) is 12.7. The second-order valence-corrected chi connectivity index (χ2v) is 4.74. The molecule has 17 heavy (non-hydrogen) atoms. The van der Waals surface area contributed by atoms with Crippen LogP contribution in [-0.4, -0.2) is 0 Å². The molecule has 0 bridgehead atoms. The second kappa shape index (κ2) is 5.26. The predicted octanol–water partition coefficient (Wildman–Crippen LogP) is 5.54. The third-order valence-corrected chi connectivity index (χ3v) is 3.12. The number of alkyl halides is 1. The summed E-state index contributed by atoms with van der Waals surface area (Å²) in [4.78, 5) is 0. The van der Waals surface area contributed by atoms with E-state index in [4.69, 9.17) is 34.8 Å². The van der Waals surface area contributed by atoms with E-state index in [0.717, 1.165) is 11.1 Å². The van der Waals surface area contributed by atoms with Crippen molar-refractivity contribution in [2.75, 3.05) is 0 Å². The van der Waals surface area contributed by atoms with Crippen molar-refractivity contribution in [3.8, 4) is 11.1 Å². The first-order valence-electron chi connectivity index (χ1n) is 4.91. The van der Waals surface area contributed by atoms with Gasteiger partial charge in [-0.15, -0.1) is 11.6 Å². The molecular formula is C13H8Cl3F. The van der Waals surface area contributed by atoms with Gasteiger partial charge in [-0.25, -0.2) is 4.39 Å². The topological polar surface area (TPSA) is 0 Å². The van der Waals surface area contributed by atoms with Crippen LogP contribution < -0.4 is 0 Å². The average Bonchev–Trinajstić information content (AvgIpc) is 2.27. The minimum atomic E-state index is -0.325. The molecule has 0 amide bonds. The molecule has 0 aromatic heterocycles. The summed E-state index contributed by atoms with van der Waals surface area (Å²) in [6.45, 7) is 0. The van der Waals surface area contributed by atoms with Gasteiger partial charge in [-0.05, 0) is 35.4 Å². The lowest BCUT2D eigenvalue weighted by molar-refractivity contribution is 0.617. The van der Waals surface area contributed by atoms with Crippen LogP contribution in [0.4, 0.5) is 4.39 Å². The van der Waals surface area contributed by atoms with Gasteiger partial charge in [0.25, 0.3) is 0 Å². The molecule has 0 aliphatic rings. The average molecular weight is 290 g/mol. The van der Waals surface area contributed by atoms with E-state index < -0.39 is 0 Å². The SMILES string of the molecule is Fc1cc(-c2cc(Cl)cc(Cl)c2)ccc1CCl. The Morgan fingerprint density at radius 1 is 0.882 bits per heavy atom. The number of rotatable bonds is 2. The third-order valence-electron chi connectivity index (χ3n) is 2.39. The first-order chi connectivity index (χ1) is 8.10. The molecule has 0 N–H and O–H groups in total. The van der Waals surface area contributed by atoms with Crippen LogP contribution in [0.2, 0.25) is 10.0 Å². The first-order valence-corrected chi connectivity index (χ1v) is 6.20. The van der Waals surface area contributed by atoms with Gasteiger partial charge in [-0.1, -0.05) is 35.3 Å². The molecule has 2 aromatic rings. The second-order valence-electron chi connectivity index (χ2n) is 3.60. The van der Waals surface area contributed by atoms with E-state index in [2.05, 4.69) is 0 Å². The smallest absolute Gasteiger partial charge is 0.128 e. The molecular weight excluding hydrogens is 282 g/mol. The summed E-state index contributed by atoms with van der Waals surface area (Å²) in [7, 11) is 0. The van der Waals surface area contributed by atoms with Crippen LogP contribution >= 0.6 is 34.8 Å². The maximum absolute atomic E-state index is 13.6. The highest BCUT2D eigenvalue weighted by Crippen LogP contribution is 2.28. The summed E-state index contributed by atoms with van der Waals surface area (Å²) < 4.78 is 13.6. The summed E-state index contributed by atoms with van der Waals surface area (Å²) in [6, 6.07) is 10.00. The highest BCUT2D eigenvalue weighted by molar-refractivity contribution is 6.35. The van der Waals surface area contributed by atoms with Crippen molar-refractivity contribution < 1.29 is 4.39 Å². The molecule has 0 atom stereocenters. The lowest BCUT2D eigenvalue weighted by Gasteiger charge is -2.06. The van der Waals surface area contributed by atoms with Crippen LogP contribution in [-0.2, 0) is 5.88 Å². The lowest BCUT2D eigenvalue weighted by atomic mass is 10.0. The zero-order valence-electron chi connectivity index (χ0n) is 8.68. The molecule has 0 saturated carbocycles. The van der Waals surface area contributed by atoms with Crippen molar-refractivity contribution in [1.29, 1.82) is 0 Å². The van der Waals surface area contributed by atoms with Crippen LogP contribution in [0.15, 0.2) is 36.4 Å². The maximum atomic E-state index is 13.6. The summed E-state index contributed by atoms with van der Waals surface area (Å²) >= 11 is 17.4. The highest BCUT2D eigenvalue weighted by atomic mass is 35.5. The van der Waals surface area contributed by atoms with Gasteiger partial charge in [0.15, 0.2) is 0 Å². The molecule has 0 unspecified atom stereocenters. The minimum absolute atomic E-state index is 0.155. The van der Waals surface area contributed by atoms with E-state index in [1.54, 1.807) is 30.3 Å². The number of hydrogen-bond donors (Lipinski definition) is 0. The van der Waals surface area contributed by atoms with Crippen LogP contribution in [0.25, 0.3) is 11.1 Å². The highest BCUT2D eigenvalue weighted by Gasteiger charge is 2.06. The Kier molecular flexibility index (Phi) is 3.93. The van der Waals surface area contributed by atoms with Crippen LogP contribution in [0.3, 0.4) is 0 Å². The van der Waals surface area contributed by atoms with Crippen molar-refractivity contribution in [1.82, 2.24) is 0 Å². The zero-order valence-corrected chi connectivity index (χ0v) is 11.0. The Balaban J connectivity index is 2.49. The molecule has 0 fully saturated rings. The fourth-order valence-corrected chi connectivity index (χ4v) is 2.30. The molecule has 0 aliphatic carbocycles. The summed E-state index contributed by atoms with van der Waals surface area (Å²) in [5.74, 6) is -0.170. The fourth-order valence-electron chi connectivity index (χ4n) is 1.56. The van der Waals surface area contributed by atoms with Crippen molar-refractivity contribution in [2.45, 2.75) is 5.88 Å². The lowest BCUT2D eigenvalue weighted by Crippen LogP contribution is -1.87. The summed E-state index contributed by atoms with van der Waals surface area (Å²) in [6.07, 6.45) is 0. The molecule has 0 spiro atoms. The minimum Gasteiger partial charge on any atom is -0.207 e. The Hall–Kier alpha value is -0.760. The van der Waals surface area contributed by atoms with Crippen molar-refractivity contribution in [3.63, 3.8) is 0 Å². The van der Waals surface area contributed by atoms with E-state index in [9.17, 15) is 4.39 Å². The van der Waals surface area contributed by atoms with Gasteiger partial charge in [-0.2, -0.15) is 0 Å². The van der Waals surface area contributed by atoms with Gasteiger partial charge < -0.3 is 0 Å². The van der Waals surface area contributed by atoms with Gasteiger partial charge in [0.05, 0.1) is 5.88 Å². The van der Waals surface area contributed by atoms with Crippen LogP contribution in [0, 0.1) is 5.82 Å². The molecule has 0 nitrogen and oxygen atoms in total. The van der Waals surface area contributed by atoms with Gasteiger partial charge >= 0.3 is 0 Å². The Morgan fingerprint density at radius 3 is 2.06 bits per heavy atom. The molecule has 0 saturated heterocycles. The predicted molar refractivity (Wildman–Crippen MR) is 71.4 cm³/mol. The van der Waals surface area contributed by atoms with E-state index in [1.807, 2.05) is 0 Å². The zero-order chi connectivity index (χ0) is 12.4. The molecule has 4 heteroatoms. The number of benzene rings is 2. The van der Waals surface area contributed by atoms with Gasteiger partial charge in [-0.3, -0.25) is 0 Å². The molecule has 0 heterocycles. The van der Waals surface area contributed by atoms with Gasteiger partial charge in [0, 0.05) is 15.6 Å². The Bertz CT molecular complexity index is 532. The van der Waals surface area contributed by atoms with Gasteiger partial charge in [0.1, 0.15) is 5.82 Å². The summed E-state index contributed by atoms with van der Waals surface area (Å²) in [5.41, 5.74) is 1.98. The molecule has 2 rings (SSSR count). The normalized spacial score (nSPS) is 10.6. The fraction of sp³-hybridized carbons (Fsp3) is 0.0769. The molecule has 0 aliphatic heterocycles. The monoisotopic (exact) mass is 288 g/mol. The van der Waals surface area contributed by atoms with Crippen LogP contribution in [0.5, 0.6) is 0 Å². The number of halogens is 4. The Labute approximate surface area is 114 Å². The summed E-state index contributed by atoms with van der Waals surface area (Å²) in [5, 5.41) is 1.05. The van der Waals surface area contributed by atoms with E-state index in [1.165, 1.54) is 6.07 Å². The number of hydrogen-bond acceptors (Lipinski definition) is 0. The molecule has 88 valence electrons. The van der Waals surface area contributed by atoms with Crippen molar-refractivity contribution >= 4 is 34.8 Å². The maximum Gasteiger partial charge on any atom is 0.128 e. The van der Waals surface area contributed by atoms with E-state index >= 15 is 0 Å². The van der Waals surface area contributed by atoms with Crippen LogP contribution in [0.1, 0.15) is 5.56 Å². The van der Waals surface area contributed by atoms with Crippen molar-refractivity contribution in [3.05, 3.63) is 57.8 Å². The largest absolute Gasteiger partial charge is 0.207 e. The van der Waals surface area contributed by atoms with E-state index in [0.29, 0.717) is 15.6 Å². The van der Waals surface area contributed by atoms with Crippen molar-refractivity contribution in [2.24, 2.45) is 0 Å². The van der Waals surface area contributed by atoms with E-state index in [-0.39, 0.29) is 11.7 Å². The van der Waals surface area contributed by atoms with Gasteiger partial charge in [0.2, 0.25) is 0 Å².